The topological polar surface area (TPSA) is 3.24 Å². The van der Waals surface area contributed by atoms with Crippen LogP contribution in [0.15, 0.2) is 18.2 Å². The molecule has 1 aromatic rings. The van der Waals surface area contributed by atoms with E-state index in [2.05, 4.69) is 27.8 Å². The lowest BCUT2D eigenvalue weighted by Gasteiger charge is -2.32. The zero-order valence-corrected chi connectivity index (χ0v) is 11.1. The van der Waals surface area contributed by atoms with E-state index in [9.17, 15) is 4.39 Å². The van der Waals surface area contributed by atoms with E-state index in [1.807, 2.05) is 12.1 Å². The highest BCUT2D eigenvalue weighted by molar-refractivity contribution is 9.08. The zero-order valence-electron chi connectivity index (χ0n) is 9.55. The number of anilines is 1. The van der Waals surface area contributed by atoms with Gasteiger partial charge >= 0.3 is 0 Å². The monoisotopic (exact) mass is 285 g/mol. The normalized spacial score (nSPS) is 17.8. The fourth-order valence-corrected chi connectivity index (χ4v) is 2.49. The number of piperidine rings is 1. The summed E-state index contributed by atoms with van der Waals surface area (Å²) in [5, 5.41) is 0.710. The smallest absolute Gasteiger partial charge is 0.146 e. The van der Waals surface area contributed by atoms with Crippen molar-refractivity contribution in [3.05, 3.63) is 29.6 Å². The van der Waals surface area contributed by atoms with E-state index in [1.54, 1.807) is 6.07 Å². The summed E-state index contributed by atoms with van der Waals surface area (Å²) in [6.07, 6.45) is 2.33. The van der Waals surface area contributed by atoms with E-state index in [0.29, 0.717) is 5.33 Å². The Morgan fingerprint density at radius 1 is 1.38 bits per heavy atom. The molecule has 0 atom stereocenters. The van der Waals surface area contributed by atoms with Gasteiger partial charge in [0, 0.05) is 18.4 Å². The minimum atomic E-state index is -0.0912. The maximum atomic E-state index is 13.9. The number of rotatable bonds is 2. The second-order valence-corrected chi connectivity index (χ2v) is 5.15. The second-order valence-electron chi connectivity index (χ2n) is 4.59. The molecule has 0 saturated carbocycles. The first kappa shape index (κ1) is 11.9. The molecule has 1 heterocycles. The Labute approximate surface area is 105 Å². The maximum Gasteiger partial charge on any atom is 0.146 e. The van der Waals surface area contributed by atoms with Crippen LogP contribution < -0.4 is 4.90 Å². The van der Waals surface area contributed by atoms with Crippen LogP contribution in [0.1, 0.15) is 25.3 Å². The lowest BCUT2D eigenvalue weighted by atomic mass is 9.98. The van der Waals surface area contributed by atoms with Crippen molar-refractivity contribution in [1.29, 1.82) is 0 Å². The molecule has 2 rings (SSSR count). The Kier molecular flexibility index (Phi) is 3.85. The molecule has 0 aromatic heterocycles. The number of hydrogen-bond donors (Lipinski definition) is 0. The zero-order chi connectivity index (χ0) is 11.5. The quantitative estimate of drug-likeness (QED) is 0.744. The molecule has 0 bridgehead atoms. The summed E-state index contributed by atoms with van der Waals surface area (Å²) in [4.78, 5) is 2.16. The molecule has 0 unspecified atom stereocenters. The van der Waals surface area contributed by atoms with Crippen LogP contribution in [0.2, 0.25) is 0 Å². The maximum absolute atomic E-state index is 13.9. The van der Waals surface area contributed by atoms with Crippen LogP contribution in [-0.2, 0) is 5.33 Å². The SMILES string of the molecule is CC1CCN(c2ccc(CBr)cc2F)CC1. The Morgan fingerprint density at radius 3 is 2.62 bits per heavy atom. The number of halogens is 2. The van der Waals surface area contributed by atoms with Gasteiger partial charge in [-0.05, 0) is 36.5 Å². The van der Waals surface area contributed by atoms with Gasteiger partial charge in [-0.1, -0.05) is 28.9 Å². The first-order valence-electron chi connectivity index (χ1n) is 5.80. The van der Waals surface area contributed by atoms with E-state index >= 15 is 0 Å². The molecule has 0 N–H and O–H groups in total. The Balaban J connectivity index is 2.14. The lowest BCUT2D eigenvalue weighted by molar-refractivity contribution is 0.434. The summed E-state index contributed by atoms with van der Waals surface area (Å²) in [5.41, 5.74) is 1.75. The number of alkyl halides is 1. The minimum Gasteiger partial charge on any atom is -0.369 e. The van der Waals surface area contributed by atoms with Gasteiger partial charge in [-0.2, -0.15) is 0 Å². The molecule has 1 aromatic carbocycles. The third-order valence-electron chi connectivity index (χ3n) is 3.29. The highest BCUT2D eigenvalue weighted by Gasteiger charge is 2.18. The van der Waals surface area contributed by atoms with Crippen molar-refractivity contribution < 1.29 is 4.39 Å². The van der Waals surface area contributed by atoms with Crippen molar-refractivity contribution in [1.82, 2.24) is 0 Å². The Morgan fingerprint density at radius 2 is 2.06 bits per heavy atom. The summed E-state index contributed by atoms with van der Waals surface area (Å²) >= 11 is 3.34. The summed E-state index contributed by atoms with van der Waals surface area (Å²) in [5.74, 6) is 0.688. The van der Waals surface area contributed by atoms with Gasteiger partial charge in [0.1, 0.15) is 5.82 Å². The van der Waals surface area contributed by atoms with E-state index in [-0.39, 0.29) is 5.82 Å². The molecular formula is C13H17BrFN. The largest absolute Gasteiger partial charge is 0.369 e. The standard InChI is InChI=1S/C13H17BrFN/c1-10-4-6-16(7-5-10)13-3-2-11(9-14)8-12(13)15/h2-3,8,10H,4-7,9H2,1H3. The van der Waals surface area contributed by atoms with Gasteiger partial charge in [0.15, 0.2) is 0 Å². The van der Waals surface area contributed by atoms with Crippen LogP contribution in [0.5, 0.6) is 0 Å². The van der Waals surface area contributed by atoms with Gasteiger partial charge in [-0.25, -0.2) is 4.39 Å². The third kappa shape index (κ3) is 2.57. The number of hydrogen-bond acceptors (Lipinski definition) is 1. The highest BCUT2D eigenvalue weighted by atomic mass is 79.9. The van der Waals surface area contributed by atoms with Gasteiger partial charge < -0.3 is 4.90 Å². The minimum absolute atomic E-state index is 0.0912. The molecule has 1 saturated heterocycles. The fraction of sp³-hybridized carbons (Fsp3) is 0.538. The molecule has 0 radical (unpaired) electrons. The average Bonchev–Trinajstić information content (AvgIpc) is 2.30. The van der Waals surface area contributed by atoms with Crippen LogP contribution in [0.25, 0.3) is 0 Å². The van der Waals surface area contributed by atoms with Gasteiger partial charge in [0.05, 0.1) is 5.69 Å². The summed E-state index contributed by atoms with van der Waals surface area (Å²) in [7, 11) is 0. The van der Waals surface area contributed by atoms with Crippen molar-refractivity contribution in [2.45, 2.75) is 25.1 Å². The molecule has 88 valence electrons. The lowest BCUT2D eigenvalue weighted by Crippen LogP contribution is -2.33. The van der Waals surface area contributed by atoms with Crippen molar-refractivity contribution in [3.8, 4) is 0 Å². The van der Waals surface area contributed by atoms with Crippen LogP contribution in [0.3, 0.4) is 0 Å². The van der Waals surface area contributed by atoms with Crippen molar-refractivity contribution in [2.75, 3.05) is 18.0 Å². The highest BCUT2D eigenvalue weighted by Crippen LogP contribution is 2.26. The van der Waals surface area contributed by atoms with E-state index in [0.717, 1.165) is 30.3 Å². The van der Waals surface area contributed by atoms with Crippen molar-refractivity contribution in [2.24, 2.45) is 5.92 Å². The molecule has 16 heavy (non-hydrogen) atoms. The Hall–Kier alpha value is -0.570. The summed E-state index contributed by atoms with van der Waals surface area (Å²) < 4.78 is 13.9. The predicted octanol–water partition coefficient (Wildman–Crippen LogP) is 3.96. The van der Waals surface area contributed by atoms with Crippen LogP contribution in [-0.4, -0.2) is 13.1 Å². The van der Waals surface area contributed by atoms with E-state index < -0.39 is 0 Å². The molecule has 0 aliphatic carbocycles. The first-order valence-corrected chi connectivity index (χ1v) is 6.92. The van der Waals surface area contributed by atoms with E-state index in [4.69, 9.17) is 0 Å². The summed E-state index contributed by atoms with van der Waals surface area (Å²) in [6, 6.07) is 5.52. The predicted molar refractivity (Wildman–Crippen MR) is 69.6 cm³/mol. The van der Waals surface area contributed by atoms with E-state index in [1.165, 1.54) is 12.8 Å². The second kappa shape index (κ2) is 5.17. The molecule has 1 nitrogen and oxygen atoms in total. The molecule has 1 aliphatic rings. The number of nitrogens with zero attached hydrogens (tertiary/aromatic N) is 1. The molecule has 3 heteroatoms. The van der Waals surface area contributed by atoms with Crippen LogP contribution in [0.4, 0.5) is 10.1 Å². The van der Waals surface area contributed by atoms with Crippen molar-refractivity contribution >= 4 is 21.6 Å². The van der Waals surface area contributed by atoms with Crippen LogP contribution >= 0.6 is 15.9 Å². The van der Waals surface area contributed by atoms with Crippen LogP contribution in [0, 0.1) is 11.7 Å². The molecule has 0 amide bonds. The fourth-order valence-electron chi connectivity index (χ4n) is 2.14. The molecule has 1 aliphatic heterocycles. The summed E-state index contributed by atoms with van der Waals surface area (Å²) in [6.45, 7) is 4.22. The van der Waals surface area contributed by atoms with Gasteiger partial charge in [0.25, 0.3) is 0 Å². The third-order valence-corrected chi connectivity index (χ3v) is 3.94. The first-order chi connectivity index (χ1) is 7.70. The van der Waals surface area contributed by atoms with Gasteiger partial charge in [0.2, 0.25) is 0 Å². The van der Waals surface area contributed by atoms with Gasteiger partial charge in [-0.3, -0.25) is 0 Å². The average molecular weight is 286 g/mol. The molecule has 1 fully saturated rings. The number of benzene rings is 1. The molecule has 0 spiro atoms. The molecular weight excluding hydrogens is 269 g/mol. The van der Waals surface area contributed by atoms with Crippen molar-refractivity contribution in [3.63, 3.8) is 0 Å². The Bertz CT molecular complexity index is 359. The van der Waals surface area contributed by atoms with Gasteiger partial charge in [-0.15, -0.1) is 0 Å².